The number of methoxy groups -OCH3 is 2. The predicted molar refractivity (Wildman–Crippen MR) is 66.7 cm³/mol. The Labute approximate surface area is 102 Å². The summed E-state index contributed by atoms with van der Waals surface area (Å²) in [6, 6.07) is 1.87. The summed E-state index contributed by atoms with van der Waals surface area (Å²) in [5.41, 5.74) is -0.105. The Morgan fingerprint density at radius 3 is 2.71 bits per heavy atom. The molecular formula is C11H14N2O3S. The van der Waals surface area contributed by atoms with Gasteiger partial charge in [-0.05, 0) is 6.07 Å². The van der Waals surface area contributed by atoms with E-state index in [0.29, 0.717) is 18.6 Å². The number of thiophene rings is 1. The fraction of sp³-hybridized carbons (Fsp3) is 0.455. The van der Waals surface area contributed by atoms with E-state index in [1.807, 2.05) is 6.07 Å². The van der Waals surface area contributed by atoms with Gasteiger partial charge in [0.1, 0.15) is 4.83 Å². The molecule has 2 aromatic rings. The molecular weight excluding hydrogens is 240 g/mol. The van der Waals surface area contributed by atoms with Crippen LogP contribution in [0.5, 0.6) is 0 Å². The Balaban J connectivity index is 2.40. The van der Waals surface area contributed by atoms with Gasteiger partial charge in [0.2, 0.25) is 0 Å². The average molecular weight is 254 g/mol. The number of H-pyrrole nitrogens is 1. The number of aromatic amines is 1. The van der Waals surface area contributed by atoms with Crippen LogP contribution in [0.1, 0.15) is 10.8 Å². The van der Waals surface area contributed by atoms with E-state index in [2.05, 4.69) is 9.97 Å². The van der Waals surface area contributed by atoms with Crippen molar-refractivity contribution < 1.29 is 9.47 Å². The molecule has 1 N–H and O–H groups in total. The third-order valence-corrected chi connectivity index (χ3v) is 3.70. The standard InChI is InChI=1S/C11H14N2O3S/c1-15-4-7(5-16-2)9-3-8-10(14)12-6-13-11(8)17-9/h3,6-7H,4-5H2,1-2H3,(H,12,13,14). The largest absolute Gasteiger partial charge is 0.384 e. The van der Waals surface area contributed by atoms with Crippen molar-refractivity contribution in [3.63, 3.8) is 0 Å². The topological polar surface area (TPSA) is 64.2 Å². The van der Waals surface area contributed by atoms with E-state index in [1.165, 1.54) is 17.7 Å². The molecule has 0 atom stereocenters. The zero-order chi connectivity index (χ0) is 12.3. The lowest BCUT2D eigenvalue weighted by atomic mass is 10.1. The van der Waals surface area contributed by atoms with Gasteiger partial charge in [0, 0.05) is 25.0 Å². The minimum absolute atomic E-state index is 0.105. The molecule has 6 heteroatoms. The van der Waals surface area contributed by atoms with Gasteiger partial charge in [-0.15, -0.1) is 11.3 Å². The number of hydrogen-bond donors (Lipinski definition) is 1. The fourth-order valence-electron chi connectivity index (χ4n) is 1.70. The number of nitrogens with zero attached hydrogens (tertiary/aromatic N) is 1. The van der Waals surface area contributed by atoms with Gasteiger partial charge in [-0.2, -0.15) is 0 Å². The molecule has 5 nitrogen and oxygen atoms in total. The fourth-order valence-corrected chi connectivity index (χ4v) is 2.77. The summed E-state index contributed by atoms with van der Waals surface area (Å²) < 4.78 is 10.3. The van der Waals surface area contributed by atoms with Crippen molar-refractivity contribution in [3.8, 4) is 0 Å². The van der Waals surface area contributed by atoms with Gasteiger partial charge in [-0.1, -0.05) is 0 Å². The first-order valence-electron chi connectivity index (χ1n) is 5.21. The highest BCUT2D eigenvalue weighted by Crippen LogP contribution is 2.28. The minimum atomic E-state index is -0.105. The quantitative estimate of drug-likeness (QED) is 0.875. The van der Waals surface area contributed by atoms with Crippen molar-refractivity contribution in [2.75, 3.05) is 27.4 Å². The normalized spacial score (nSPS) is 11.5. The molecule has 92 valence electrons. The first-order valence-corrected chi connectivity index (χ1v) is 6.03. The van der Waals surface area contributed by atoms with Crippen LogP contribution in [0.3, 0.4) is 0 Å². The molecule has 0 saturated carbocycles. The lowest BCUT2D eigenvalue weighted by Gasteiger charge is -2.12. The third-order valence-electron chi connectivity index (χ3n) is 2.49. The van der Waals surface area contributed by atoms with Crippen LogP contribution in [-0.2, 0) is 9.47 Å². The zero-order valence-electron chi connectivity index (χ0n) is 9.73. The number of rotatable bonds is 5. The van der Waals surface area contributed by atoms with Gasteiger partial charge in [-0.25, -0.2) is 4.98 Å². The maximum atomic E-state index is 11.6. The molecule has 0 aliphatic carbocycles. The van der Waals surface area contributed by atoms with Crippen molar-refractivity contribution >= 4 is 21.6 Å². The van der Waals surface area contributed by atoms with Crippen molar-refractivity contribution in [1.82, 2.24) is 9.97 Å². The number of ether oxygens (including phenoxy) is 2. The molecule has 2 rings (SSSR count). The second-order valence-electron chi connectivity index (χ2n) is 3.71. The van der Waals surface area contributed by atoms with Gasteiger partial charge < -0.3 is 14.5 Å². The maximum absolute atomic E-state index is 11.6. The van der Waals surface area contributed by atoms with E-state index in [1.54, 1.807) is 14.2 Å². The van der Waals surface area contributed by atoms with Gasteiger partial charge in [0.25, 0.3) is 5.56 Å². The molecule has 2 heterocycles. The summed E-state index contributed by atoms with van der Waals surface area (Å²) in [6.45, 7) is 1.14. The van der Waals surface area contributed by atoms with Crippen LogP contribution in [0, 0.1) is 0 Å². The molecule has 0 unspecified atom stereocenters. The van der Waals surface area contributed by atoms with E-state index >= 15 is 0 Å². The lowest BCUT2D eigenvalue weighted by molar-refractivity contribution is 0.118. The van der Waals surface area contributed by atoms with Gasteiger partial charge in [0.15, 0.2) is 0 Å². The van der Waals surface area contributed by atoms with Crippen molar-refractivity contribution in [2.45, 2.75) is 5.92 Å². The first kappa shape index (κ1) is 12.2. The molecule has 0 spiro atoms. The SMILES string of the molecule is COCC(COC)c1cc2c(=O)[nH]cnc2s1. The van der Waals surface area contributed by atoms with Crippen molar-refractivity contribution in [1.29, 1.82) is 0 Å². The Bertz CT molecular complexity index is 543. The summed E-state index contributed by atoms with van der Waals surface area (Å²) in [7, 11) is 3.31. The molecule has 0 bridgehead atoms. The summed E-state index contributed by atoms with van der Waals surface area (Å²) in [5.74, 6) is 0.142. The molecule has 0 saturated heterocycles. The van der Waals surface area contributed by atoms with Crippen molar-refractivity contribution in [2.24, 2.45) is 0 Å². The number of nitrogens with one attached hydrogen (secondary N) is 1. The Morgan fingerprint density at radius 2 is 2.12 bits per heavy atom. The molecule has 0 fully saturated rings. The predicted octanol–water partition coefficient (Wildman–Crippen LogP) is 1.36. The molecule has 0 amide bonds. The van der Waals surface area contributed by atoms with E-state index in [4.69, 9.17) is 9.47 Å². The monoisotopic (exact) mass is 254 g/mol. The van der Waals surface area contributed by atoms with Gasteiger partial charge in [0.05, 0.1) is 24.9 Å². The van der Waals surface area contributed by atoms with E-state index in [-0.39, 0.29) is 11.5 Å². The van der Waals surface area contributed by atoms with Crippen LogP contribution in [0.2, 0.25) is 0 Å². The highest BCUT2D eigenvalue weighted by atomic mass is 32.1. The van der Waals surface area contributed by atoms with E-state index in [9.17, 15) is 4.79 Å². The summed E-state index contributed by atoms with van der Waals surface area (Å²) in [4.78, 5) is 20.1. The van der Waals surface area contributed by atoms with Crippen LogP contribution >= 0.6 is 11.3 Å². The highest BCUT2D eigenvalue weighted by molar-refractivity contribution is 7.18. The molecule has 17 heavy (non-hydrogen) atoms. The smallest absolute Gasteiger partial charge is 0.259 e. The Kier molecular flexibility index (Phi) is 3.88. The highest BCUT2D eigenvalue weighted by Gasteiger charge is 2.16. The van der Waals surface area contributed by atoms with Crippen molar-refractivity contribution in [3.05, 3.63) is 27.6 Å². The van der Waals surface area contributed by atoms with Crippen LogP contribution in [0.25, 0.3) is 10.2 Å². The Hall–Kier alpha value is -1.24. The Morgan fingerprint density at radius 1 is 1.41 bits per heavy atom. The van der Waals surface area contributed by atoms with E-state index in [0.717, 1.165) is 9.71 Å². The van der Waals surface area contributed by atoms with Gasteiger partial charge >= 0.3 is 0 Å². The third kappa shape index (κ3) is 2.54. The average Bonchev–Trinajstić information content (AvgIpc) is 2.74. The summed E-state index contributed by atoms with van der Waals surface area (Å²) in [5, 5.41) is 0.629. The second kappa shape index (κ2) is 5.39. The molecule has 0 aliphatic heterocycles. The molecule has 0 aliphatic rings. The number of aromatic nitrogens is 2. The second-order valence-corrected chi connectivity index (χ2v) is 4.77. The van der Waals surface area contributed by atoms with Crippen LogP contribution in [0.4, 0.5) is 0 Å². The summed E-state index contributed by atoms with van der Waals surface area (Å²) in [6.07, 6.45) is 1.42. The minimum Gasteiger partial charge on any atom is -0.384 e. The van der Waals surface area contributed by atoms with Crippen LogP contribution in [0.15, 0.2) is 17.2 Å². The molecule has 2 aromatic heterocycles. The maximum Gasteiger partial charge on any atom is 0.259 e. The summed E-state index contributed by atoms with van der Waals surface area (Å²) >= 11 is 1.51. The number of hydrogen-bond acceptors (Lipinski definition) is 5. The van der Waals surface area contributed by atoms with E-state index < -0.39 is 0 Å². The molecule has 0 aromatic carbocycles. The van der Waals surface area contributed by atoms with Gasteiger partial charge in [-0.3, -0.25) is 4.79 Å². The molecule has 0 radical (unpaired) electrons. The first-order chi connectivity index (χ1) is 8.26. The zero-order valence-corrected chi connectivity index (χ0v) is 10.5. The lowest BCUT2D eigenvalue weighted by Crippen LogP contribution is -2.11. The van der Waals surface area contributed by atoms with Crippen LogP contribution < -0.4 is 5.56 Å². The number of fused-ring (bicyclic) bond motifs is 1. The van der Waals surface area contributed by atoms with Crippen LogP contribution in [-0.4, -0.2) is 37.4 Å².